The number of aliphatic carboxylic acids is 1. The maximum atomic E-state index is 9.96. The molecule has 3 atom stereocenters. The molecule has 0 aromatic heterocycles. The van der Waals surface area contributed by atoms with Crippen molar-refractivity contribution in [1.29, 1.82) is 0 Å². The Labute approximate surface area is 80.6 Å². The third-order valence-corrected chi connectivity index (χ3v) is 1.16. The van der Waals surface area contributed by atoms with Crippen LogP contribution in [0.5, 0.6) is 0 Å². The third-order valence-electron chi connectivity index (χ3n) is 1.16. The smallest absolute Gasteiger partial charge is 0.479 e. The molecule has 0 fully saturated rings. The van der Waals surface area contributed by atoms with Gasteiger partial charge in [-0.3, -0.25) is 0 Å². The van der Waals surface area contributed by atoms with E-state index in [-0.39, 0.29) is 18.9 Å². The van der Waals surface area contributed by atoms with Crippen LogP contribution in [0.25, 0.3) is 0 Å². The summed E-state index contributed by atoms with van der Waals surface area (Å²) in [5, 5.41) is 42.2. The van der Waals surface area contributed by atoms with Crippen LogP contribution < -0.4 is 18.9 Å². The Bertz CT molecular complexity index is 140. The maximum absolute atomic E-state index is 9.96. The molecule has 6 nitrogen and oxygen atoms in total. The van der Waals surface area contributed by atoms with E-state index < -0.39 is 30.9 Å². The molecule has 0 spiro atoms. The number of hydrogen-bond acceptors (Lipinski definition) is 5. The molecule has 66 valence electrons. The Morgan fingerprint density at radius 1 is 1.25 bits per heavy atom. The Morgan fingerprint density at radius 2 is 1.67 bits per heavy atom. The molecule has 0 aromatic carbocycles. The van der Waals surface area contributed by atoms with Crippen LogP contribution in [-0.2, 0) is 4.79 Å². The normalized spacial score (nSPS) is 17.3. The molecule has 0 unspecified atom stereocenters. The summed E-state index contributed by atoms with van der Waals surface area (Å²) in [6, 6.07) is 0. The van der Waals surface area contributed by atoms with E-state index in [2.05, 4.69) is 0 Å². The molecule has 0 radical (unpaired) electrons. The first-order valence-electron chi connectivity index (χ1n) is 2.88. The van der Waals surface area contributed by atoms with Crippen molar-refractivity contribution in [2.75, 3.05) is 6.61 Å². The van der Waals surface area contributed by atoms with Gasteiger partial charge in [-0.1, -0.05) is 0 Å². The summed E-state index contributed by atoms with van der Waals surface area (Å²) in [6.45, 7) is -0.800. The molecule has 5 N–H and O–H groups in total. The van der Waals surface area contributed by atoms with E-state index in [0.717, 1.165) is 0 Å². The Kier molecular flexibility index (Phi) is 7.73. The molecule has 12 heavy (non-hydrogen) atoms. The number of carboxylic acids is 1. The van der Waals surface area contributed by atoms with E-state index >= 15 is 0 Å². The number of rotatable bonds is 4. The minimum Gasteiger partial charge on any atom is -0.479 e. The maximum Gasteiger partial charge on any atom is 1.00 e. The van der Waals surface area contributed by atoms with Crippen molar-refractivity contribution in [3.05, 3.63) is 0 Å². The Hall–Kier alpha value is -0.0926. The van der Waals surface area contributed by atoms with Gasteiger partial charge >= 0.3 is 24.8 Å². The third kappa shape index (κ3) is 4.06. The number of aliphatic hydroxyl groups excluding tert-OH is 4. The first-order chi connectivity index (χ1) is 5.00. The summed E-state index contributed by atoms with van der Waals surface area (Å²) in [5.74, 6) is -1.65. The largest absolute Gasteiger partial charge is 1.00 e. The van der Waals surface area contributed by atoms with Crippen molar-refractivity contribution in [1.82, 2.24) is 0 Å². The van der Waals surface area contributed by atoms with Crippen LogP contribution in [0, 0.1) is 0 Å². The van der Waals surface area contributed by atoms with Crippen LogP contribution in [0.2, 0.25) is 0 Å². The van der Waals surface area contributed by atoms with Crippen LogP contribution in [0.1, 0.15) is 0 Å². The predicted molar refractivity (Wildman–Crippen MR) is 32.7 cm³/mol. The molecular formula is C5H10LiO6+. The van der Waals surface area contributed by atoms with Crippen molar-refractivity contribution in [2.45, 2.75) is 18.3 Å². The first kappa shape index (κ1) is 14.4. The van der Waals surface area contributed by atoms with Gasteiger partial charge in [0.05, 0.1) is 6.61 Å². The number of hydrogen-bond donors (Lipinski definition) is 5. The van der Waals surface area contributed by atoms with Crippen molar-refractivity contribution >= 4 is 5.97 Å². The Balaban J connectivity index is 0. The second-order valence-corrected chi connectivity index (χ2v) is 2.02. The summed E-state index contributed by atoms with van der Waals surface area (Å²) in [5.41, 5.74) is 0. The van der Waals surface area contributed by atoms with E-state index in [0.29, 0.717) is 0 Å². The van der Waals surface area contributed by atoms with Gasteiger partial charge in [0.2, 0.25) is 0 Å². The summed E-state index contributed by atoms with van der Waals surface area (Å²) in [7, 11) is 0. The molecule has 0 amide bonds. The number of carbonyl (C=O) groups is 1. The van der Waals surface area contributed by atoms with Gasteiger partial charge in [-0.25, -0.2) is 4.79 Å². The van der Waals surface area contributed by atoms with Gasteiger partial charge in [0.15, 0.2) is 6.10 Å². The zero-order valence-electron chi connectivity index (χ0n) is 6.58. The molecule has 0 aromatic rings. The van der Waals surface area contributed by atoms with Crippen LogP contribution in [0.3, 0.4) is 0 Å². The summed E-state index contributed by atoms with van der Waals surface area (Å²) < 4.78 is 0. The average Bonchev–Trinajstić information content (AvgIpc) is 2.00. The standard InChI is InChI=1S/C5H10O6.Li/c6-1-2(7)3(8)4(9)5(10)11;/h2-4,6-9H,1H2,(H,10,11);/q;+1/t2-,3-,4-;/m1./s1. The van der Waals surface area contributed by atoms with Crippen LogP contribution in [0.4, 0.5) is 0 Å². The van der Waals surface area contributed by atoms with Gasteiger partial charge in [0.1, 0.15) is 12.2 Å². The molecular weight excluding hydrogens is 163 g/mol. The summed E-state index contributed by atoms with van der Waals surface area (Å²) in [6.07, 6.45) is -5.57. The van der Waals surface area contributed by atoms with Gasteiger partial charge < -0.3 is 25.5 Å². The molecule has 0 aliphatic rings. The van der Waals surface area contributed by atoms with Crippen LogP contribution in [0.15, 0.2) is 0 Å². The van der Waals surface area contributed by atoms with Crippen molar-refractivity contribution in [3.8, 4) is 0 Å². The molecule has 0 bridgehead atoms. The second kappa shape index (κ2) is 6.43. The molecule has 0 aliphatic carbocycles. The topological polar surface area (TPSA) is 118 Å². The SMILES string of the molecule is O=C(O)[C@H](O)[C@H](O)[C@H](O)CO.[Li+]. The molecule has 0 heterocycles. The average molecular weight is 173 g/mol. The molecule has 0 aliphatic heterocycles. The quantitative estimate of drug-likeness (QED) is 0.270. The van der Waals surface area contributed by atoms with Gasteiger partial charge in [-0.05, 0) is 0 Å². The minimum atomic E-state index is -2.07. The van der Waals surface area contributed by atoms with Crippen molar-refractivity contribution < 1.29 is 49.2 Å². The van der Waals surface area contributed by atoms with E-state index in [1.165, 1.54) is 0 Å². The van der Waals surface area contributed by atoms with Crippen LogP contribution >= 0.6 is 0 Å². The van der Waals surface area contributed by atoms with Crippen molar-refractivity contribution in [3.63, 3.8) is 0 Å². The van der Waals surface area contributed by atoms with Gasteiger partial charge in [-0.15, -0.1) is 0 Å². The van der Waals surface area contributed by atoms with E-state index in [1.807, 2.05) is 0 Å². The second-order valence-electron chi connectivity index (χ2n) is 2.02. The summed E-state index contributed by atoms with van der Waals surface area (Å²) in [4.78, 5) is 9.96. The Morgan fingerprint density at radius 3 is 1.92 bits per heavy atom. The van der Waals surface area contributed by atoms with E-state index in [1.54, 1.807) is 0 Å². The van der Waals surface area contributed by atoms with E-state index in [4.69, 9.17) is 25.5 Å². The first-order valence-corrected chi connectivity index (χ1v) is 2.88. The van der Waals surface area contributed by atoms with Gasteiger partial charge in [-0.2, -0.15) is 0 Å². The summed E-state index contributed by atoms with van der Waals surface area (Å²) >= 11 is 0. The minimum absolute atomic E-state index is 0. The monoisotopic (exact) mass is 173 g/mol. The zero-order valence-corrected chi connectivity index (χ0v) is 6.58. The van der Waals surface area contributed by atoms with Gasteiger partial charge in [0, 0.05) is 0 Å². The molecule has 0 saturated heterocycles. The molecule has 7 heteroatoms. The molecule has 0 saturated carbocycles. The van der Waals surface area contributed by atoms with Gasteiger partial charge in [0.25, 0.3) is 0 Å². The molecule has 0 rings (SSSR count). The van der Waals surface area contributed by atoms with Crippen molar-refractivity contribution in [2.24, 2.45) is 0 Å². The fourth-order valence-electron chi connectivity index (χ4n) is 0.465. The van der Waals surface area contributed by atoms with E-state index in [9.17, 15) is 4.79 Å². The fraction of sp³-hybridized carbons (Fsp3) is 0.800. The predicted octanol–water partition coefficient (Wildman–Crippen LogP) is -5.85. The number of carboxylic acid groups (broad SMARTS) is 1. The number of aliphatic hydroxyl groups is 4. The zero-order chi connectivity index (χ0) is 9.02. The van der Waals surface area contributed by atoms with Crippen LogP contribution in [-0.4, -0.2) is 56.4 Å². The fourth-order valence-corrected chi connectivity index (χ4v) is 0.465.